The van der Waals surface area contributed by atoms with Crippen LogP contribution in [0.5, 0.6) is 0 Å². The van der Waals surface area contributed by atoms with E-state index in [0.717, 1.165) is 37.7 Å². The number of rotatable bonds is 8. The maximum atomic E-state index is 12.2. The number of ether oxygens (including phenoxy) is 1. The fourth-order valence-electron chi connectivity index (χ4n) is 3.50. The Balaban J connectivity index is 1.51. The molecule has 1 fully saturated rings. The van der Waals surface area contributed by atoms with Crippen LogP contribution in [-0.4, -0.2) is 65.2 Å². The second-order valence-electron chi connectivity index (χ2n) is 8.94. The van der Waals surface area contributed by atoms with Crippen LogP contribution in [-0.2, 0) is 16.3 Å². The van der Waals surface area contributed by atoms with Crippen LogP contribution in [0.25, 0.3) is 11.2 Å². The molecule has 1 saturated heterocycles. The summed E-state index contributed by atoms with van der Waals surface area (Å²) in [5.74, 6) is 0.428. The van der Waals surface area contributed by atoms with Gasteiger partial charge in [0.05, 0.1) is 6.20 Å². The molecule has 0 saturated carbocycles. The lowest BCUT2D eigenvalue weighted by Crippen LogP contribution is -2.43. The van der Waals surface area contributed by atoms with Crippen molar-refractivity contribution in [3.05, 3.63) is 18.5 Å². The lowest BCUT2D eigenvalue weighted by molar-refractivity contribution is -0.129. The van der Waals surface area contributed by atoms with Crippen LogP contribution in [0.1, 0.15) is 19.8 Å². The van der Waals surface area contributed by atoms with Crippen molar-refractivity contribution < 1.29 is 14.3 Å². The smallest absolute Gasteiger partial charge is 0.320 e. The first kappa shape index (κ1) is 22.2. The maximum absolute atomic E-state index is 12.2. The Morgan fingerprint density at radius 2 is 2.13 bits per heavy atom. The predicted octanol–water partition coefficient (Wildman–Crippen LogP) is 2.88. The second kappa shape index (κ2) is 9.56. The third-order valence-corrected chi connectivity index (χ3v) is 6.92. The highest BCUT2D eigenvalue weighted by Gasteiger charge is 2.26. The second-order valence-corrected chi connectivity index (χ2v) is 14.6. The van der Waals surface area contributed by atoms with Crippen molar-refractivity contribution in [1.29, 1.82) is 0 Å². The van der Waals surface area contributed by atoms with Gasteiger partial charge in [0.25, 0.3) is 0 Å². The SMILES string of the molecule is CC(=O)N1CCCC1CNC(=O)Nc1cnc2c(ccn2COCC[Si](C)(C)C)n1. The van der Waals surface area contributed by atoms with E-state index in [0.29, 0.717) is 24.6 Å². The summed E-state index contributed by atoms with van der Waals surface area (Å²) in [6.45, 7) is 10.9. The van der Waals surface area contributed by atoms with Gasteiger partial charge in [-0.3, -0.25) is 10.1 Å². The average Bonchev–Trinajstić information content (AvgIpc) is 3.29. The Morgan fingerprint density at radius 3 is 2.87 bits per heavy atom. The molecule has 1 aliphatic heterocycles. The molecule has 3 heterocycles. The highest BCUT2D eigenvalue weighted by atomic mass is 28.3. The number of carbonyl (C=O) groups is 2. The zero-order valence-corrected chi connectivity index (χ0v) is 19.3. The number of likely N-dealkylation sites (tertiary alicyclic amines) is 1. The van der Waals surface area contributed by atoms with Gasteiger partial charge in [-0.2, -0.15) is 0 Å². The van der Waals surface area contributed by atoms with Crippen LogP contribution in [0.3, 0.4) is 0 Å². The van der Waals surface area contributed by atoms with Gasteiger partial charge >= 0.3 is 6.03 Å². The number of amides is 3. The first-order valence-corrected chi connectivity index (χ1v) is 14.2. The first-order valence-electron chi connectivity index (χ1n) is 10.4. The van der Waals surface area contributed by atoms with Gasteiger partial charge in [-0.25, -0.2) is 14.8 Å². The summed E-state index contributed by atoms with van der Waals surface area (Å²) in [7, 11) is -1.11. The van der Waals surface area contributed by atoms with Gasteiger partial charge in [-0.1, -0.05) is 19.6 Å². The van der Waals surface area contributed by atoms with E-state index in [1.54, 1.807) is 11.8 Å². The molecule has 0 spiro atoms. The standard InChI is InChI=1S/C20H32N6O3Si/c1-15(27)26-8-5-6-16(26)12-22-20(28)24-18-13-21-19-17(23-18)7-9-25(19)14-29-10-11-30(2,3)4/h7,9,13,16H,5-6,8,10-12,14H2,1-4H3,(H2,22,23,24,28). The Morgan fingerprint density at radius 1 is 1.33 bits per heavy atom. The lowest BCUT2D eigenvalue weighted by atomic mass is 10.2. The molecule has 0 aliphatic carbocycles. The quantitative estimate of drug-likeness (QED) is 0.493. The van der Waals surface area contributed by atoms with Crippen molar-refractivity contribution in [1.82, 2.24) is 24.8 Å². The van der Waals surface area contributed by atoms with E-state index >= 15 is 0 Å². The molecule has 10 heteroatoms. The van der Waals surface area contributed by atoms with E-state index in [4.69, 9.17) is 4.74 Å². The third-order valence-electron chi connectivity index (χ3n) is 5.21. The number of hydrogen-bond donors (Lipinski definition) is 2. The van der Waals surface area contributed by atoms with Crippen LogP contribution < -0.4 is 10.6 Å². The Bertz CT molecular complexity index is 894. The predicted molar refractivity (Wildman–Crippen MR) is 119 cm³/mol. The number of anilines is 1. The van der Waals surface area contributed by atoms with E-state index in [1.807, 2.05) is 16.8 Å². The van der Waals surface area contributed by atoms with Crippen molar-refractivity contribution in [2.24, 2.45) is 0 Å². The van der Waals surface area contributed by atoms with E-state index < -0.39 is 8.07 Å². The van der Waals surface area contributed by atoms with Crippen LogP contribution in [0.4, 0.5) is 10.6 Å². The summed E-state index contributed by atoms with van der Waals surface area (Å²) < 4.78 is 7.69. The minimum Gasteiger partial charge on any atom is -0.361 e. The molecule has 2 aromatic heterocycles. The van der Waals surface area contributed by atoms with Crippen LogP contribution in [0.15, 0.2) is 18.5 Å². The molecule has 0 radical (unpaired) electrons. The van der Waals surface area contributed by atoms with Crippen LogP contribution in [0.2, 0.25) is 25.7 Å². The minimum atomic E-state index is -1.11. The van der Waals surface area contributed by atoms with E-state index in [9.17, 15) is 9.59 Å². The molecular weight excluding hydrogens is 400 g/mol. The van der Waals surface area contributed by atoms with E-state index in [2.05, 4.69) is 40.2 Å². The lowest BCUT2D eigenvalue weighted by Gasteiger charge is -2.23. The number of nitrogens with one attached hydrogen (secondary N) is 2. The fourth-order valence-corrected chi connectivity index (χ4v) is 4.26. The molecule has 1 atom stereocenters. The molecule has 0 aromatic carbocycles. The van der Waals surface area contributed by atoms with Crippen molar-refractivity contribution in [3.8, 4) is 0 Å². The van der Waals surface area contributed by atoms with Gasteiger partial charge in [0.2, 0.25) is 5.91 Å². The summed E-state index contributed by atoms with van der Waals surface area (Å²) >= 11 is 0. The molecule has 2 aromatic rings. The normalized spacial score (nSPS) is 16.8. The number of aromatic nitrogens is 3. The van der Waals surface area contributed by atoms with Crippen LogP contribution >= 0.6 is 0 Å². The number of carbonyl (C=O) groups excluding carboxylic acids is 2. The molecule has 3 rings (SSSR count). The van der Waals surface area contributed by atoms with E-state index in [1.165, 1.54) is 6.20 Å². The Kier molecular flexibility index (Phi) is 7.09. The number of hydrogen-bond acceptors (Lipinski definition) is 5. The highest BCUT2D eigenvalue weighted by Crippen LogP contribution is 2.17. The molecule has 9 nitrogen and oxygen atoms in total. The monoisotopic (exact) mass is 432 g/mol. The molecule has 2 N–H and O–H groups in total. The first-order chi connectivity index (χ1) is 14.2. The zero-order chi connectivity index (χ0) is 21.7. The van der Waals surface area contributed by atoms with E-state index in [-0.39, 0.29) is 18.0 Å². The van der Waals surface area contributed by atoms with Crippen molar-refractivity contribution in [2.75, 3.05) is 25.0 Å². The number of urea groups is 1. The molecule has 0 bridgehead atoms. The summed E-state index contributed by atoms with van der Waals surface area (Å²) in [5.41, 5.74) is 1.41. The summed E-state index contributed by atoms with van der Waals surface area (Å²) in [6.07, 6.45) is 5.30. The molecule has 1 aliphatic rings. The number of fused-ring (bicyclic) bond motifs is 1. The van der Waals surface area contributed by atoms with Gasteiger partial charge in [-0.15, -0.1) is 0 Å². The Labute approximate surface area is 178 Å². The van der Waals surface area contributed by atoms with Crippen molar-refractivity contribution in [3.63, 3.8) is 0 Å². The van der Waals surface area contributed by atoms with Crippen molar-refractivity contribution >= 4 is 37.0 Å². The minimum absolute atomic E-state index is 0.0463. The molecule has 164 valence electrons. The topological polar surface area (TPSA) is 101 Å². The van der Waals surface area contributed by atoms with Gasteiger partial charge in [0.1, 0.15) is 12.2 Å². The van der Waals surface area contributed by atoms with Crippen molar-refractivity contribution in [2.45, 2.75) is 58.2 Å². The van der Waals surface area contributed by atoms with Gasteiger partial charge in [0.15, 0.2) is 11.5 Å². The summed E-state index contributed by atoms with van der Waals surface area (Å²) in [5, 5.41) is 5.54. The molecule has 1 unspecified atom stereocenters. The largest absolute Gasteiger partial charge is 0.361 e. The van der Waals surface area contributed by atoms with Gasteiger partial charge in [0, 0.05) is 46.9 Å². The summed E-state index contributed by atoms with van der Waals surface area (Å²) in [4.78, 5) is 34.5. The van der Waals surface area contributed by atoms with Crippen LogP contribution in [0, 0.1) is 0 Å². The molecule has 3 amide bonds. The summed E-state index contributed by atoms with van der Waals surface area (Å²) in [6, 6.07) is 2.67. The van der Waals surface area contributed by atoms with Gasteiger partial charge < -0.3 is 19.5 Å². The highest BCUT2D eigenvalue weighted by molar-refractivity contribution is 6.76. The average molecular weight is 433 g/mol. The maximum Gasteiger partial charge on any atom is 0.320 e. The van der Waals surface area contributed by atoms with Gasteiger partial charge in [-0.05, 0) is 25.0 Å². The third kappa shape index (κ3) is 6.02. The number of nitrogens with zero attached hydrogens (tertiary/aromatic N) is 4. The fraction of sp³-hybridized carbons (Fsp3) is 0.600. The molecular formula is C20H32N6O3Si. The molecule has 30 heavy (non-hydrogen) atoms. The Hall–Kier alpha value is -2.46. The zero-order valence-electron chi connectivity index (χ0n) is 18.3.